The minimum absolute atomic E-state index is 0.340. The molecule has 0 spiro atoms. The van der Waals surface area contributed by atoms with Gasteiger partial charge in [-0.15, -0.1) is 0 Å². The van der Waals surface area contributed by atoms with Crippen molar-refractivity contribution in [1.29, 1.82) is 0 Å². The Hall–Kier alpha value is 0.0200. The van der Waals surface area contributed by atoms with Crippen molar-refractivity contribution in [3.8, 4) is 0 Å². The minimum Gasteiger partial charge on any atom is -0.207 e. The van der Waals surface area contributed by atoms with Gasteiger partial charge in [0.15, 0.2) is 0 Å². The third kappa shape index (κ3) is 3.74. The fourth-order valence-corrected chi connectivity index (χ4v) is 4.20. The molecule has 0 amide bonds. The Morgan fingerprint density at radius 3 is 2.29 bits per heavy atom. The summed E-state index contributed by atoms with van der Waals surface area (Å²) in [5.74, 6) is -0.758. The molecular weight excluding hydrogens is 377 g/mol. The van der Waals surface area contributed by atoms with Gasteiger partial charge in [-0.25, -0.2) is 17.5 Å². The van der Waals surface area contributed by atoms with Crippen LogP contribution >= 0.6 is 31.9 Å². The molecular formula is C10H12Br2FNO2S. The van der Waals surface area contributed by atoms with Crippen LogP contribution in [0.4, 0.5) is 4.39 Å². The van der Waals surface area contributed by atoms with Crippen LogP contribution in [0, 0.1) is 5.82 Å². The highest BCUT2D eigenvalue weighted by Crippen LogP contribution is 2.19. The predicted molar refractivity (Wildman–Crippen MR) is 72.7 cm³/mol. The fraction of sp³-hybridized carbons (Fsp3) is 0.400. The van der Waals surface area contributed by atoms with Crippen molar-refractivity contribution in [3.05, 3.63) is 30.1 Å². The number of hydrogen-bond donors (Lipinski definition) is 1. The van der Waals surface area contributed by atoms with Crippen LogP contribution in [-0.2, 0) is 10.0 Å². The van der Waals surface area contributed by atoms with Crippen LogP contribution in [0.25, 0.3) is 0 Å². The first-order chi connectivity index (χ1) is 7.84. The van der Waals surface area contributed by atoms with Crippen LogP contribution in [0.15, 0.2) is 29.2 Å². The number of hydrogen-bond acceptors (Lipinski definition) is 2. The highest BCUT2D eigenvalue weighted by Gasteiger charge is 2.30. The topological polar surface area (TPSA) is 46.2 Å². The zero-order chi connectivity index (χ0) is 13.1. The Kier molecular flexibility index (Phi) is 5.12. The molecule has 1 aromatic rings. The van der Waals surface area contributed by atoms with Gasteiger partial charge in [0, 0.05) is 16.2 Å². The lowest BCUT2D eigenvalue weighted by molar-refractivity contribution is 0.502. The van der Waals surface area contributed by atoms with Gasteiger partial charge in [-0.1, -0.05) is 44.0 Å². The lowest BCUT2D eigenvalue weighted by Crippen LogP contribution is -2.48. The molecule has 96 valence electrons. The van der Waals surface area contributed by atoms with Gasteiger partial charge in [0.1, 0.15) is 10.7 Å². The Balaban J connectivity index is 3.10. The summed E-state index contributed by atoms with van der Waals surface area (Å²) in [7, 11) is -3.86. The van der Waals surface area contributed by atoms with Gasteiger partial charge in [-0.2, -0.15) is 0 Å². The van der Waals surface area contributed by atoms with E-state index in [2.05, 4.69) is 36.6 Å². The molecule has 0 aliphatic rings. The van der Waals surface area contributed by atoms with E-state index >= 15 is 0 Å². The number of sulfonamides is 1. The largest absolute Gasteiger partial charge is 0.244 e. The molecule has 3 nitrogen and oxygen atoms in total. The monoisotopic (exact) mass is 387 g/mol. The summed E-state index contributed by atoms with van der Waals surface area (Å²) in [4.78, 5) is -0.340. The van der Waals surface area contributed by atoms with Crippen molar-refractivity contribution < 1.29 is 12.8 Å². The van der Waals surface area contributed by atoms with Crippen molar-refractivity contribution in [2.24, 2.45) is 0 Å². The predicted octanol–water partition coefficient (Wildman–Crippen LogP) is 2.65. The molecule has 0 saturated carbocycles. The van der Waals surface area contributed by atoms with Crippen LogP contribution in [0.1, 0.15) is 6.92 Å². The molecule has 1 aromatic carbocycles. The van der Waals surface area contributed by atoms with E-state index in [1.165, 1.54) is 18.2 Å². The Labute approximate surface area is 117 Å². The van der Waals surface area contributed by atoms with Crippen molar-refractivity contribution in [1.82, 2.24) is 4.72 Å². The van der Waals surface area contributed by atoms with Gasteiger partial charge < -0.3 is 0 Å². The zero-order valence-electron chi connectivity index (χ0n) is 9.08. The third-order valence-electron chi connectivity index (χ3n) is 2.10. The third-order valence-corrected chi connectivity index (χ3v) is 6.24. The highest BCUT2D eigenvalue weighted by molar-refractivity contribution is 9.09. The van der Waals surface area contributed by atoms with Gasteiger partial charge >= 0.3 is 0 Å². The Bertz CT molecular complexity index is 489. The molecule has 0 unspecified atom stereocenters. The van der Waals surface area contributed by atoms with Crippen molar-refractivity contribution in [2.45, 2.75) is 17.4 Å². The molecule has 0 saturated heterocycles. The summed E-state index contributed by atoms with van der Waals surface area (Å²) in [6, 6.07) is 5.29. The second-order valence-electron chi connectivity index (χ2n) is 3.86. The zero-order valence-corrected chi connectivity index (χ0v) is 13.1. The molecule has 7 heteroatoms. The smallest absolute Gasteiger partial charge is 0.207 e. The highest BCUT2D eigenvalue weighted by atomic mass is 79.9. The summed E-state index contributed by atoms with van der Waals surface area (Å²) in [6.45, 7) is 1.72. The van der Waals surface area contributed by atoms with Crippen molar-refractivity contribution in [2.75, 3.05) is 10.7 Å². The first kappa shape index (κ1) is 15.1. The normalized spacial score (nSPS) is 12.7. The maximum absolute atomic E-state index is 13.4. The van der Waals surface area contributed by atoms with E-state index in [1.54, 1.807) is 6.92 Å². The van der Waals surface area contributed by atoms with E-state index in [1.807, 2.05) is 0 Å². The minimum atomic E-state index is -3.86. The molecule has 0 bridgehead atoms. The van der Waals surface area contributed by atoms with E-state index in [4.69, 9.17) is 0 Å². The quantitative estimate of drug-likeness (QED) is 0.788. The SMILES string of the molecule is CC(CBr)(CBr)NS(=O)(=O)c1ccccc1F. The molecule has 1 rings (SSSR count). The van der Waals surface area contributed by atoms with E-state index in [0.29, 0.717) is 10.7 Å². The lowest BCUT2D eigenvalue weighted by atomic mass is 10.1. The van der Waals surface area contributed by atoms with Crippen LogP contribution < -0.4 is 4.72 Å². The Morgan fingerprint density at radius 2 is 1.82 bits per heavy atom. The summed E-state index contributed by atoms with van der Waals surface area (Å²) in [6.07, 6.45) is 0. The summed E-state index contributed by atoms with van der Waals surface area (Å²) in [5, 5.41) is 0.831. The average Bonchev–Trinajstić information content (AvgIpc) is 2.28. The van der Waals surface area contributed by atoms with E-state index < -0.39 is 21.4 Å². The molecule has 0 heterocycles. The first-order valence-electron chi connectivity index (χ1n) is 4.75. The fourth-order valence-electron chi connectivity index (χ4n) is 1.13. The first-order valence-corrected chi connectivity index (χ1v) is 8.48. The van der Waals surface area contributed by atoms with Crippen LogP contribution in [0.2, 0.25) is 0 Å². The molecule has 0 aliphatic carbocycles. The van der Waals surface area contributed by atoms with Crippen molar-refractivity contribution in [3.63, 3.8) is 0 Å². The van der Waals surface area contributed by atoms with Crippen molar-refractivity contribution >= 4 is 41.9 Å². The van der Waals surface area contributed by atoms with Crippen LogP contribution in [0.5, 0.6) is 0 Å². The Morgan fingerprint density at radius 1 is 1.29 bits per heavy atom. The van der Waals surface area contributed by atoms with Crippen LogP contribution in [-0.4, -0.2) is 24.6 Å². The molecule has 1 N–H and O–H groups in total. The van der Waals surface area contributed by atoms with E-state index in [-0.39, 0.29) is 4.90 Å². The number of nitrogens with one attached hydrogen (secondary N) is 1. The maximum atomic E-state index is 13.4. The maximum Gasteiger partial charge on any atom is 0.244 e. The van der Waals surface area contributed by atoms with Gasteiger partial charge in [-0.05, 0) is 19.1 Å². The summed E-state index contributed by atoms with van der Waals surface area (Å²) < 4.78 is 39.9. The lowest BCUT2D eigenvalue weighted by Gasteiger charge is -2.26. The molecule has 0 aromatic heterocycles. The summed E-state index contributed by atoms with van der Waals surface area (Å²) >= 11 is 6.45. The molecule has 0 aliphatic heterocycles. The van der Waals surface area contributed by atoms with Crippen LogP contribution in [0.3, 0.4) is 0 Å². The average molecular weight is 389 g/mol. The summed E-state index contributed by atoms with van der Waals surface area (Å²) in [5.41, 5.74) is -0.707. The number of halogens is 3. The number of rotatable bonds is 5. The van der Waals surface area contributed by atoms with E-state index in [9.17, 15) is 12.8 Å². The molecule has 17 heavy (non-hydrogen) atoms. The second kappa shape index (κ2) is 5.77. The standard InChI is InChI=1S/C10H12Br2FNO2S/c1-10(6-11,7-12)14-17(15,16)9-5-3-2-4-8(9)13/h2-5,14H,6-7H2,1H3. The van der Waals surface area contributed by atoms with Gasteiger partial charge in [-0.3, -0.25) is 0 Å². The van der Waals surface area contributed by atoms with Gasteiger partial charge in [0.25, 0.3) is 0 Å². The number of alkyl halides is 2. The second-order valence-corrected chi connectivity index (χ2v) is 6.64. The van der Waals surface area contributed by atoms with E-state index in [0.717, 1.165) is 6.07 Å². The van der Waals surface area contributed by atoms with Gasteiger partial charge in [0.2, 0.25) is 10.0 Å². The number of benzene rings is 1. The molecule has 0 atom stereocenters. The molecule has 0 radical (unpaired) electrons. The molecule has 0 fully saturated rings. The van der Waals surface area contributed by atoms with Gasteiger partial charge in [0.05, 0.1) is 0 Å².